The summed E-state index contributed by atoms with van der Waals surface area (Å²) in [7, 11) is 0. The molecule has 4 nitrogen and oxygen atoms in total. The third-order valence-corrected chi connectivity index (χ3v) is 4.46. The van der Waals surface area contributed by atoms with Crippen LogP contribution in [0.4, 0.5) is 0 Å². The first-order valence-corrected chi connectivity index (χ1v) is 9.61. The van der Waals surface area contributed by atoms with Gasteiger partial charge in [0.1, 0.15) is 13.2 Å². The van der Waals surface area contributed by atoms with Crippen molar-refractivity contribution in [2.45, 2.75) is 19.6 Å². The Morgan fingerprint density at radius 3 is 1.66 bits per heavy atom. The lowest BCUT2D eigenvalue weighted by atomic mass is 10.1. The van der Waals surface area contributed by atoms with Crippen molar-refractivity contribution < 1.29 is 9.47 Å². The van der Waals surface area contributed by atoms with Gasteiger partial charge in [0, 0.05) is 12.5 Å². The van der Waals surface area contributed by atoms with E-state index in [0.29, 0.717) is 31.3 Å². The molecule has 29 heavy (non-hydrogen) atoms. The van der Waals surface area contributed by atoms with Crippen molar-refractivity contribution in [2.24, 2.45) is 0 Å². The Balaban J connectivity index is 1.53. The zero-order valence-electron chi connectivity index (χ0n) is 16.1. The maximum Gasteiger partial charge on any atom is 0.276 e. The molecule has 0 aliphatic carbocycles. The van der Waals surface area contributed by atoms with Gasteiger partial charge in [0.15, 0.2) is 5.75 Å². The molecule has 0 radical (unpaired) electrons. The van der Waals surface area contributed by atoms with Crippen LogP contribution in [0.3, 0.4) is 0 Å². The van der Waals surface area contributed by atoms with Gasteiger partial charge in [-0.2, -0.15) is 5.10 Å². The summed E-state index contributed by atoms with van der Waals surface area (Å²) in [5.74, 6) is 1.01. The monoisotopic (exact) mass is 382 g/mol. The smallest absolute Gasteiger partial charge is 0.276 e. The van der Waals surface area contributed by atoms with E-state index in [4.69, 9.17) is 9.47 Å². The van der Waals surface area contributed by atoms with Gasteiger partial charge in [0.2, 0.25) is 0 Å². The zero-order valence-corrected chi connectivity index (χ0v) is 16.1. The molecule has 3 aromatic carbocycles. The van der Waals surface area contributed by atoms with E-state index in [0.717, 1.165) is 16.8 Å². The highest BCUT2D eigenvalue weighted by Crippen LogP contribution is 2.27. The fourth-order valence-corrected chi connectivity index (χ4v) is 2.96. The van der Waals surface area contributed by atoms with E-state index >= 15 is 0 Å². The summed E-state index contributed by atoms with van der Waals surface area (Å²) in [6, 6.07) is 32.1. The van der Waals surface area contributed by atoms with Crippen LogP contribution in [0, 0.1) is 0 Å². The SMILES string of the molecule is c1ccc(COc2cc(Cc3ccccc3)nnc2OCc2ccccc2)cc1. The largest absolute Gasteiger partial charge is 0.483 e. The Morgan fingerprint density at radius 2 is 1.07 bits per heavy atom. The first kappa shape index (κ1) is 18.7. The Hall–Kier alpha value is -3.66. The van der Waals surface area contributed by atoms with Crippen molar-refractivity contribution >= 4 is 0 Å². The first-order chi connectivity index (χ1) is 14.4. The second kappa shape index (κ2) is 9.51. The molecule has 4 heteroatoms. The molecule has 4 rings (SSSR count). The number of benzene rings is 3. The van der Waals surface area contributed by atoms with E-state index in [1.165, 1.54) is 5.56 Å². The Kier molecular flexibility index (Phi) is 6.13. The summed E-state index contributed by atoms with van der Waals surface area (Å²) < 4.78 is 12.0. The molecule has 0 fully saturated rings. The van der Waals surface area contributed by atoms with Gasteiger partial charge in [-0.15, -0.1) is 5.10 Å². The molecule has 1 aromatic heterocycles. The molecule has 0 bridgehead atoms. The van der Waals surface area contributed by atoms with Crippen molar-refractivity contribution in [3.8, 4) is 11.6 Å². The van der Waals surface area contributed by atoms with Gasteiger partial charge in [-0.3, -0.25) is 0 Å². The molecule has 1 heterocycles. The van der Waals surface area contributed by atoms with Gasteiger partial charge in [-0.25, -0.2) is 0 Å². The molecule has 0 unspecified atom stereocenters. The second-order valence-corrected chi connectivity index (χ2v) is 6.72. The van der Waals surface area contributed by atoms with Crippen LogP contribution < -0.4 is 9.47 Å². The highest BCUT2D eigenvalue weighted by Gasteiger charge is 2.12. The number of rotatable bonds is 8. The van der Waals surface area contributed by atoms with Crippen molar-refractivity contribution in [3.05, 3.63) is 119 Å². The number of ether oxygens (including phenoxy) is 2. The van der Waals surface area contributed by atoms with E-state index in [1.54, 1.807) is 0 Å². The average molecular weight is 382 g/mol. The van der Waals surface area contributed by atoms with Crippen LogP contribution >= 0.6 is 0 Å². The zero-order chi connectivity index (χ0) is 19.7. The maximum atomic E-state index is 6.06. The lowest BCUT2D eigenvalue weighted by molar-refractivity contribution is 0.243. The summed E-state index contributed by atoms with van der Waals surface area (Å²) >= 11 is 0. The van der Waals surface area contributed by atoms with Crippen molar-refractivity contribution in [2.75, 3.05) is 0 Å². The fourth-order valence-electron chi connectivity index (χ4n) is 2.96. The number of hydrogen-bond donors (Lipinski definition) is 0. The molecule has 0 aliphatic rings. The molecule has 0 spiro atoms. The number of aromatic nitrogens is 2. The molecule has 144 valence electrons. The van der Waals surface area contributed by atoms with Crippen molar-refractivity contribution in [1.82, 2.24) is 10.2 Å². The average Bonchev–Trinajstić information content (AvgIpc) is 2.79. The van der Waals surface area contributed by atoms with Crippen LogP contribution in [-0.4, -0.2) is 10.2 Å². The number of nitrogens with zero attached hydrogens (tertiary/aromatic N) is 2. The molecule has 0 saturated heterocycles. The molecule has 0 amide bonds. The predicted molar refractivity (Wildman–Crippen MR) is 113 cm³/mol. The molecule has 0 atom stereocenters. The molecular weight excluding hydrogens is 360 g/mol. The van der Waals surface area contributed by atoms with Gasteiger partial charge in [-0.05, 0) is 16.7 Å². The third-order valence-electron chi connectivity index (χ3n) is 4.46. The highest BCUT2D eigenvalue weighted by atomic mass is 16.5. The van der Waals surface area contributed by atoms with E-state index in [1.807, 2.05) is 84.9 Å². The fraction of sp³-hybridized carbons (Fsp3) is 0.120. The minimum absolute atomic E-state index is 0.404. The molecular formula is C25H22N2O2. The van der Waals surface area contributed by atoms with Gasteiger partial charge >= 0.3 is 0 Å². The van der Waals surface area contributed by atoms with Crippen LogP contribution in [-0.2, 0) is 19.6 Å². The Labute approximate surface area is 170 Å². The third kappa shape index (κ3) is 5.42. The van der Waals surface area contributed by atoms with Gasteiger partial charge < -0.3 is 9.47 Å². The Bertz CT molecular complexity index is 1020. The Morgan fingerprint density at radius 1 is 0.552 bits per heavy atom. The standard InChI is InChI=1S/C25H22N2O2/c1-4-10-20(11-5-1)16-23-17-24(28-18-21-12-6-2-7-13-21)25(27-26-23)29-19-22-14-8-3-9-15-22/h1-15,17H,16,18-19H2. The van der Waals surface area contributed by atoms with Crippen molar-refractivity contribution in [3.63, 3.8) is 0 Å². The van der Waals surface area contributed by atoms with Crippen molar-refractivity contribution in [1.29, 1.82) is 0 Å². The second-order valence-electron chi connectivity index (χ2n) is 6.72. The van der Waals surface area contributed by atoms with Crippen LogP contribution in [0.25, 0.3) is 0 Å². The summed E-state index contributed by atoms with van der Waals surface area (Å²) in [6.07, 6.45) is 0.689. The van der Waals surface area contributed by atoms with Crippen LogP contribution in [0.5, 0.6) is 11.6 Å². The van der Waals surface area contributed by atoms with Crippen LogP contribution in [0.15, 0.2) is 97.1 Å². The lowest BCUT2D eigenvalue weighted by Gasteiger charge is -2.13. The minimum Gasteiger partial charge on any atom is -0.483 e. The van der Waals surface area contributed by atoms with Gasteiger partial charge in [-0.1, -0.05) is 91.0 Å². The predicted octanol–water partition coefficient (Wildman–Crippen LogP) is 5.23. The van der Waals surface area contributed by atoms with E-state index in [9.17, 15) is 0 Å². The van der Waals surface area contributed by atoms with Crippen LogP contribution in [0.1, 0.15) is 22.4 Å². The van der Waals surface area contributed by atoms with E-state index in [-0.39, 0.29) is 0 Å². The van der Waals surface area contributed by atoms with Crippen LogP contribution in [0.2, 0.25) is 0 Å². The summed E-state index contributed by atoms with van der Waals surface area (Å²) in [6.45, 7) is 0.855. The summed E-state index contributed by atoms with van der Waals surface area (Å²) in [4.78, 5) is 0. The molecule has 4 aromatic rings. The first-order valence-electron chi connectivity index (χ1n) is 9.61. The summed E-state index contributed by atoms with van der Waals surface area (Å²) in [5.41, 5.74) is 4.17. The van der Waals surface area contributed by atoms with E-state index < -0.39 is 0 Å². The molecule has 0 N–H and O–H groups in total. The topological polar surface area (TPSA) is 44.2 Å². The normalized spacial score (nSPS) is 10.5. The quantitative estimate of drug-likeness (QED) is 0.419. The summed E-state index contributed by atoms with van der Waals surface area (Å²) in [5, 5.41) is 8.65. The van der Waals surface area contributed by atoms with Gasteiger partial charge in [0.05, 0.1) is 5.69 Å². The molecule has 0 aliphatic heterocycles. The van der Waals surface area contributed by atoms with E-state index in [2.05, 4.69) is 22.3 Å². The highest BCUT2D eigenvalue weighted by molar-refractivity contribution is 5.36. The molecule has 0 saturated carbocycles. The lowest BCUT2D eigenvalue weighted by Crippen LogP contribution is -2.05. The maximum absolute atomic E-state index is 6.06. The number of hydrogen-bond acceptors (Lipinski definition) is 4. The minimum atomic E-state index is 0.404. The van der Waals surface area contributed by atoms with Gasteiger partial charge in [0.25, 0.3) is 5.88 Å².